The van der Waals surface area contributed by atoms with Crippen LogP contribution in [0.3, 0.4) is 0 Å². The summed E-state index contributed by atoms with van der Waals surface area (Å²) in [5, 5.41) is 3.12. The molecule has 1 fully saturated rings. The lowest BCUT2D eigenvalue weighted by atomic mass is 10.0. The highest BCUT2D eigenvalue weighted by Gasteiger charge is 2.31. The minimum absolute atomic E-state index is 0.0441. The Morgan fingerprint density at radius 2 is 2.00 bits per heavy atom. The quantitative estimate of drug-likeness (QED) is 0.882. The topological polar surface area (TPSA) is 41.6 Å². The van der Waals surface area contributed by atoms with Crippen LogP contribution in [0.2, 0.25) is 0 Å². The molecule has 2 rings (SSSR count). The van der Waals surface area contributed by atoms with Gasteiger partial charge in [0.25, 0.3) is 0 Å². The number of carbonyl (C=O) groups is 1. The number of nitrogens with one attached hydrogen (secondary N) is 1. The molecule has 1 aliphatic heterocycles. The van der Waals surface area contributed by atoms with Gasteiger partial charge in [-0.2, -0.15) is 13.2 Å². The van der Waals surface area contributed by atoms with E-state index in [4.69, 9.17) is 4.74 Å². The Hall–Kier alpha value is -1.92. The van der Waals surface area contributed by atoms with Crippen LogP contribution in [-0.2, 0) is 10.9 Å². The lowest BCUT2D eigenvalue weighted by Gasteiger charge is -2.32. The first-order chi connectivity index (χ1) is 11.3. The molecule has 0 atom stereocenters. The molecule has 0 saturated carbocycles. The molecule has 1 aromatic rings. The number of hydrogen-bond acceptors (Lipinski definition) is 3. The summed E-state index contributed by atoms with van der Waals surface area (Å²) < 4.78 is 43.4. The summed E-state index contributed by atoms with van der Waals surface area (Å²) in [5.41, 5.74) is -0.215. The molecule has 1 heterocycles. The van der Waals surface area contributed by atoms with Gasteiger partial charge in [0.2, 0.25) is 0 Å². The van der Waals surface area contributed by atoms with E-state index in [1.54, 1.807) is 11.0 Å². The van der Waals surface area contributed by atoms with Crippen LogP contribution in [0.15, 0.2) is 24.3 Å². The van der Waals surface area contributed by atoms with Gasteiger partial charge in [-0.25, -0.2) is 4.79 Å². The van der Waals surface area contributed by atoms with Crippen molar-refractivity contribution in [1.29, 1.82) is 0 Å². The smallest absolute Gasteiger partial charge is 0.416 e. The fourth-order valence-corrected chi connectivity index (χ4v) is 2.56. The zero-order chi connectivity index (χ0) is 17.7. The van der Waals surface area contributed by atoms with E-state index in [1.807, 2.05) is 13.8 Å². The first-order valence-corrected chi connectivity index (χ1v) is 8.11. The average Bonchev–Trinajstić information content (AvgIpc) is 2.53. The third-order valence-electron chi connectivity index (χ3n) is 3.85. The molecule has 7 heteroatoms. The minimum Gasteiger partial charge on any atom is -0.449 e. The molecule has 24 heavy (non-hydrogen) atoms. The number of halogens is 3. The van der Waals surface area contributed by atoms with E-state index in [2.05, 4.69) is 5.32 Å². The normalized spacial score (nSPS) is 16.3. The molecule has 1 N–H and O–H groups in total. The van der Waals surface area contributed by atoms with Crippen LogP contribution < -0.4 is 5.32 Å². The maximum Gasteiger partial charge on any atom is 0.416 e. The van der Waals surface area contributed by atoms with Crippen LogP contribution in [0.5, 0.6) is 0 Å². The van der Waals surface area contributed by atoms with Crippen molar-refractivity contribution < 1.29 is 22.7 Å². The van der Waals surface area contributed by atoms with Crippen molar-refractivity contribution in [2.45, 2.75) is 38.9 Å². The highest BCUT2D eigenvalue weighted by Crippen LogP contribution is 2.31. The van der Waals surface area contributed by atoms with Gasteiger partial charge in [0, 0.05) is 24.8 Å². The molecule has 0 spiro atoms. The Kier molecular flexibility index (Phi) is 5.96. The molecule has 134 valence electrons. The van der Waals surface area contributed by atoms with Crippen molar-refractivity contribution >= 4 is 11.8 Å². The van der Waals surface area contributed by atoms with E-state index in [0.29, 0.717) is 38.2 Å². The van der Waals surface area contributed by atoms with E-state index in [-0.39, 0.29) is 18.1 Å². The van der Waals surface area contributed by atoms with Crippen LogP contribution in [-0.4, -0.2) is 36.7 Å². The molecular formula is C17H23F3N2O2. The summed E-state index contributed by atoms with van der Waals surface area (Å²) in [5.74, 6) is 0.286. The third-order valence-corrected chi connectivity index (χ3v) is 3.85. The summed E-state index contributed by atoms with van der Waals surface area (Å²) in [7, 11) is 0. The highest BCUT2D eigenvalue weighted by atomic mass is 19.4. The zero-order valence-electron chi connectivity index (χ0n) is 13.9. The minimum atomic E-state index is -4.35. The van der Waals surface area contributed by atoms with Gasteiger partial charge in [0.1, 0.15) is 0 Å². The van der Waals surface area contributed by atoms with Gasteiger partial charge < -0.3 is 15.0 Å². The van der Waals surface area contributed by atoms with Crippen molar-refractivity contribution in [3.8, 4) is 0 Å². The molecule has 0 aromatic heterocycles. The van der Waals surface area contributed by atoms with Gasteiger partial charge in [-0.3, -0.25) is 0 Å². The van der Waals surface area contributed by atoms with Crippen LogP contribution in [0.1, 0.15) is 32.3 Å². The number of piperidine rings is 1. The van der Waals surface area contributed by atoms with Crippen molar-refractivity contribution in [3.05, 3.63) is 29.8 Å². The summed E-state index contributed by atoms with van der Waals surface area (Å²) in [6.07, 6.45) is -3.32. The first-order valence-electron chi connectivity index (χ1n) is 8.11. The number of nitrogens with zero attached hydrogens (tertiary/aromatic N) is 1. The Morgan fingerprint density at radius 1 is 1.33 bits per heavy atom. The predicted octanol–water partition coefficient (Wildman–Crippen LogP) is 4.37. The molecular weight excluding hydrogens is 321 g/mol. The van der Waals surface area contributed by atoms with Gasteiger partial charge >= 0.3 is 12.3 Å². The zero-order valence-corrected chi connectivity index (χ0v) is 13.9. The fraction of sp³-hybridized carbons (Fsp3) is 0.588. The molecule has 0 unspecified atom stereocenters. The van der Waals surface area contributed by atoms with Crippen molar-refractivity contribution in [2.24, 2.45) is 5.92 Å². The van der Waals surface area contributed by atoms with Crippen LogP contribution in [0, 0.1) is 5.92 Å². The van der Waals surface area contributed by atoms with E-state index in [0.717, 1.165) is 12.1 Å². The second-order valence-corrected chi connectivity index (χ2v) is 6.45. The van der Waals surface area contributed by atoms with Gasteiger partial charge in [0.15, 0.2) is 0 Å². The van der Waals surface area contributed by atoms with E-state index in [9.17, 15) is 18.0 Å². The Morgan fingerprint density at radius 3 is 2.58 bits per heavy atom. The maximum absolute atomic E-state index is 12.7. The number of ether oxygens (including phenoxy) is 1. The van der Waals surface area contributed by atoms with Crippen LogP contribution >= 0.6 is 0 Å². The predicted molar refractivity (Wildman–Crippen MR) is 85.8 cm³/mol. The Bertz CT molecular complexity index is 553. The van der Waals surface area contributed by atoms with E-state index in [1.165, 1.54) is 6.07 Å². The van der Waals surface area contributed by atoms with E-state index >= 15 is 0 Å². The molecule has 0 aliphatic carbocycles. The molecule has 1 amide bonds. The lowest BCUT2D eigenvalue weighted by molar-refractivity contribution is -0.137. The van der Waals surface area contributed by atoms with Gasteiger partial charge in [-0.05, 0) is 37.0 Å². The highest BCUT2D eigenvalue weighted by molar-refractivity contribution is 5.67. The standard InChI is InChI=1S/C17H23F3N2O2/c1-12(2)11-24-16(23)22-8-6-14(7-9-22)21-15-5-3-4-13(10-15)17(18,19)20/h3-5,10,12,14,21H,6-9,11H2,1-2H3. The van der Waals surface area contributed by atoms with Crippen molar-refractivity contribution in [3.63, 3.8) is 0 Å². The number of benzene rings is 1. The summed E-state index contributed by atoms with van der Waals surface area (Å²) in [4.78, 5) is 13.5. The fourth-order valence-electron chi connectivity index (χ4n) is 2.56. The van der Waals surface area contributed by atoms with E-state index < -0.39 is 11.7 Å². The lowest BCUT2D eigenvalue weighted by Crippen LogP contribution is -2.42. The molecule has 1 aromatic carbocycles. The maximum atomic E-state index is 12.7. The van der Waals surface area contributed by atoms with Gasteiger partial charge in [-0.15, -0.1) is 0 Å². The monoisotopic (exact) mass is 344 g/mol. The van der Waals surface area contributed by atoms with Gasteiger partial charge in [0.05, 0.1) is 12.2 Å². The molecule has 0 radical (unpaired) electrons. The molecule has 1 aliphatic rings. The number of carbonyl (C=O) groups excluding carboxylic acids is 1. The van der Waals surface area contributed by atoms with Gasteiger partial charge in [-0.1, -0.05) is 19.9 Å². The summed E-state index contributed by atoms with van der Waals surface area (Å²) >= 11 is 0. The SMILES string of the molecule is CC(C)COC(=O)N1CCC(Nc2cccc(C(F)(F)F)c2)CC1. The second-order valence-electron chi connectivity index (χ2n) is 6.45. The number of amides is 1. The van der Waals surface area contributed by atoms with Crippen LogP contribution in [0.4, 0.5) is 23.7 Å². The molecule has 0 bridgehead atoms. The van der Waals surface area contributed by atoms with Crippen molar-refractivity contribution in [2.75, 3.05) is 25.0 Å². The Balaban J connectivity index is 1.84. The third kappa shape index (κ3) is 5.32. The number of likely N-dealkylation sites (tertiary alicyclic amines) is 1. The number of hydrogen-bond donors (Lipinski definition) is 1. The van der Waals surface area contributed by atoms with Crippen molar-refractivity contribution in [1.82, 2.24) is 4.90 Å². The average molecular weight is 344 g/mol. The Labute approximate surface area is 140 Å². The second kappa shape index (κ2) is 7.77. The summed E-state index contributed by atoms with van der Waals surface area (Å²) in [6, 6.07) is 5.23. The molecule has 4 nitrogen and oxygen atoms in total. The summed E-state index contributed by atoms with van der Waals surface area (Å²) in [6.45, 7) is 5.40. The number of rotatable bonds is 4. The molecule has 1 saturated heterocycles. The first kappa shape index (κ1) is 18.4. The number of alkyl halides is 3. The van der Waals surface area contributed by atoms with Crippen LogP contribution in [0.25, 0.3) is 0 Å². The largest absolute Gasteiger partial charge is 0.449 e. The number of anilines is 1.